The highest BCUT2D eigenvalue weighted by Gasteiger charge is 2.14. The maximum atomic E-state index is 12.5. The number of rotatable bonds is 6. The summed E-state index contributed by atoms with van der Waals surface area (Å²) in [5.41, 5.74) is 2.68. The van der Waals surface area contributed by atoms with Crippen LogP contribution in [0.2, 0.25) is 0 Å². The Morgan fingerprint density at radius 1 is 1.14 bits per heavy atom. The van der Waals surface area contributed by atoms with Crippen LogP contribution in [0.15, 0.2) is 65.8 Å². The number of aromatic nitrogens is 2. The Hall–Kier alpha value is -2.68. The van der Waals surface area contributed by atoms with Crippen LogP contribution in [0.1, 0.15) is 10.4 Å². The molecule has 0 aliphatic heterocycles. The molecule has 0 saturated carbocycles. The summed E-state index contributed by atoms with van der Waals surface area (Å²) in [7, 11) is -2.06. The minimum absolute atomic E-state index is 0.198. The monoisotopic (exact) mass is 413 g/mol. The Balaban J connectivity index is 1.51. The predicted molar refractivity (Wildman–Crippen MR) is 110 cm³/mol. The van der Waals surface area contributed by atoms with Gasteiger partial charge in [0.1, 0.15) is 5.75 Å². The molecule has 0 aliphatic rings. The van der Waals surface area contributed by atoms with Crippen LogP contribution in [0, 0.1) is 6.92 Å². The van der Waals surface area contributed by atoms with E-state index in [1.54, 1.807) is 30.6 Å². The molecule has 0 amide bonds. The van der Waals surface area contributed by atoms with E-state index >= 15 is 0 Å². The molecule has 6 nitrogen and oxygen atoms in total. The normalized spacial score (nSPS) is 11.8. The molecule has 0 bridgehead atoms. The molecule has 28 heavy (non-hydrogen) atoms. The first-order valence-electron chi connectivity index (χ1n) is 8.63. The van der Waals surface area contributed by atoms with E-state index in [-0.39, 0.29) is 11.4 Å². The molecular weight excluding hydrogens is 394 g/mol. The Morgan fingerprint density at radius 2 is 1.93 bits per heavy atom. The first-order chi connectivity index (χ1) is 13.4. The average molecular weight is 414 g/mol. The molecule has 0 unspecified atom stereocenters. The highest BCUT2D eigenvalue weighted by molar-refractivity contribution is 7.89. The number of benzene rings is 2. The summed E-state index contributed by atoms with van der Waals surface area (Å²) in [5.74, 6) is 0.613. The van der Waals surface area contributed by atoms with Gasteiger partial charge in [0.05, 0.1) is 17.7 Å². The third kappa shape index (κ3) is 3.80. The molecule has 0 radical (unpaired) electrons. The van der Waals surface area contributed by atoms with Crippen LogP contribution in [0.3, 0.4) is 0 Å². The van der Waals surface area contributed by atoms with Crippen molar-refractivity contribution in [2.75, 3.05) is 7.11 Å². The van der Waals surface area contributed by atoms with Gasteiger partial charge in [-0.2, -0.15) is 0 Å². The largest absolute Gasteiger partial charge is 0.497 e. The third-order valence-electron chi connectivity index (χ3n) is 4.33. The molecule has 4 aromatic rings. The third-order valence-corrected chi connectivity index (χ3v) is 6.66. The van der Waals surface area contributed by atoms with Gasteiger partial charge in [-0.05, 0) is 42.8 Å². The molecule has 2 heterocycles. The minimum Gasteiger partial charge on any atom is -0.497 e. The Labute approximate surface area is 167 Å². The van der Waals surface area contributed by atoms with Crippen molar-refractivity contribution < 1.29 is 13.2 Å². The number of sulfonamides is 1. The van der Waals surface area contributed by atoms with Gasteiger partial charge in [0.15, 0.2) is 4.96 Å². The molecule has 0 saturated heterocycles. The topological polar surface area (TPSA) is 72.7 Å². The van der Waals surface area contributed by atoms with Gasteiger partial charge in [0.2, 0.25) is 10.0 Å². The summed E-state index contributed by atoms with van der Waals surface area (Å²) < 4.78 is 34.7. The fraction of sp³-hybridized carbons (Fsp3) is 0.150. The summed E-state index contributed by atoms with van der Waals surface area (Å²) in [5, 5.41) is 0. The van der Waals surface area contributed by atoms with E-state index in [0.717, 1.165) is 21.8 Å². The van der Waals surface area contributed by atoms with E-state index in [1.807, 2.05) is 41.1 Å². The molecule has 0 atom stereocenters. The summed E-state index contributed by atoms with van der Waals surface area (Å²) in [4.78, 5) is 7.00. The second-order valence-electron chi connectivity index (χ2n) is 6.36. The van der Waals surface area contributed by atoms with E-state index in [4.69, 9.17) is 4.74 Å². The quantitative estimate of drug-likeness (QED) is 0.521. The smallest absolute Gasteiger partial charge is 0.240 e. The molecule has 0 fully saturated rings. The van der Waals surface area contributed by atoms with Crippen molar-refractivity contribution in [2.45, 2.75) is 18.4 Å². The average Bonchev–Trinajstić information content (AvgIpc) is 3.24. The number of aryl methyl sites for hydroxylation is 1. The lowest BCUT2D eigenvalue weighted by Crippen LogP contribution is -2.23. The van der Waals surface area contributed by atoms with Gasteiger partial charge in [0, 0.05) is 29.4 Å². The number of methoxy groups -OCH3 is 1. The molecule has 2 aromatic heterocycles. The zero-order valence-corrected chi connectivity index (χ0v) is 17.0. The van der Waals surface area contributed by atoms with E-state index in [9.17, 15) is 8.42 Å². The molecule has 0 spiro atoms. The molecule has 1 N–H and O–H groups in total. The summed E-state index contributed by atoms with van der Waals surface area (Å²) in [6.07, 6.45) is 4.03. The first kappa shape index (κ1) is 18.7. The van der Waals surface area contributed by atoms with Crippen LogP contribution < -0.4 is 9.46 Å². The minimum atomic E-state index is -3.60. The Bertz CT molecular complexity index is 1190. The van der Waals surface area contributed by atoms with Crippen molar-refractivity contribution in [2.24, 2.45) is 0 Å². The van der Waals surface area contributed by atoms with Gasteiger partial charge in [-0.25, -0.2) is 18.1 Å². The van der Waals surface area contributed by atoms with Gasteiger partial charge in [0.25, 0.3) is 0 Å². The van der Waals surface area contributed by atoms with Crippen LogP contribution in [0.25, 0.3) is 16.2 Å². The zero-order valence-electron chi connectivity index (χ0n) is 15.4. The number of fused-ring (bicyclic) bond motifs is 1. The van der Waals surface area contributed by atoms with Gasteiger partial charge < -0.3 is 4.74 Å². The maximum Gasteiger partial charge on any atom is 0.240 e. The van der Waals surface area contributed by atoms with E-state index in [2.05, 4.69) is 16.6 Å². The van der Waals surface area contributed by atoms with Crippen molar-refractivity contribution in [3.05, 3.63) is 71.4 Å². The summed E-state index contributed by atoms with van der Waals surface area (Å²) in [6, 6.07) is 14.0. The van der Waals surface area contributed by atoms with Crippen molar-refractivity contribution in [3.8, 4) is 17.0 Å². The standard InChI is InChI=1S/C20H19N3O3S2/c1-14-12-23-13-19(22-20(23)27-14)16-5-3-4-15(10-16)11-21-28(24,25)18-8-6-17(26-2)7-9-18/h3-10,12-13,21H,11H2,1-2H3. The van der Waals surface area contributed by atoms with Gasteiger partial charge in [-0.1, -0.05) is 18.2 Å². The number of thiazole rings is 1. The summed E-state index contributed by atoms with van der Waals surface area (Å²) in [6.45, 7) is 2.25. The number of nitrogens with one attached hydrogen (secondary N) is 1. The Kier molecular flexibility index (Phi) is 4.92. The van der Waals surface area contributed by atoms with Crippen LogP contribution in [0.5, 0.6) is 5.75 Å². The van der Waals surface area contributed by atoms with Crippen LogP contribution >= 0.6 is 11.3 Å². The highest BCUT2D eigenvalue weighted by atomic mass is 32.2. The molecular formula is C20H19N3O3S2. The second-order valence-corrected chi connectivity index (χ2v) is 9.34. The van der Waals surface area contributed by atoms with Crippen molar-refractivity contribution in [1.82, 2.24) is 14.1 Å². The molecule has 144 valence electrons. The van der Waals surface area contributed by atoms with E-state index in [1.165, 1.54) is 17.0 Å². The lowest BCUT2D eigenvalue weighted by atomic mass is 10.1. The first-order valence-corrected chi connectivity index (χ1v) is 10.9. The van der Waals surface area contributed by atoms with Crippen LogP contribution in [-0.4, -0.2) is 24.9 Å². The van der Waals surface area contributed by atoms with Crippen LogP contribution in [-0.2, 0) is 16.6 Å². The molecule has 2 aromatic carbocycles. The van der Waals surface area contributed by atoms with E-state index < -0.39 is 10.0 Å². The van der Waals surface area contributed by atoms with Gasteiger partial charge in [-0.3, -0.25) is 4.40 Å². The van der Waals surface area contributed by atoms with Gasteiger partial charge >= 0.3 is 0 Å². The summed E-state index contributed by atoms with van der Waals surface area (Å²) >= 11 is 1.64. The highest BCUT2D eigenvalue weighted by Crippen LogP contribution is 2.24. The van der Waals surface area contributed by atoms with Crippen molar-refractivity contribution in [3.63, 3.8) is 0 Å². The Morgan fingerprint density at radius 3 is 2.64 bits per heavy atom. The fourth-order valence-electron chi connectivity index (χ4n) is 2.91. The molecule has 0 aliphatic carbocycles. The van der Waals surface area contributed by atoms with Crippen molar-refractivity contribution >= 4 is 26.3 Å². The SMILES string of the molecule is COc1ccc(S(=O)(=O)NCc2cccc(-c3cn4cc(C)sc4n3)c2)cc1. The van der Waals surface area contributed by atoms with Crippen LogP contribution in [0.4, 0.5) is 0 Å². The maximum absolute atomic E-state index is 12.5. The zero-order chi connectivity index (χ0) is 19.7. The lowest BCUT2D eigenvalue weighted by Gasteiger charge is -2.08. The second kappa shape index (κ2) is 7.38. The molecule has 4 rings (SSSR count). The van der Waals surface area contributed by atoms with Gasteiger partial charge in [-0.15, -0.1) is 11.3 Å². The van der Waals surface area contributed by atoms with Crippen molar-refractivity contribution in [1.29, 1.82) is 0 Å². The number of imidazole rings is 1. The predicted octanol–water partition coefficient (Wildman–Crippen LogP) is 3.86. The number of nitrogens with zero attached hydrogens (tertiary/aromatic N) is 2. The lowest BCUT2D eigenvalue weighted by molar-refractivity contribution is 0.414. The number of hydrogen-bond acceptors (Lipinski definition) is 5. The number of ether oxygens (including phenoxy) is 1. The fourth-order valence-corrected chi connectivity index (χ4v) is 4.73. The molecule has 8 heteroatoms. The van der Waals surface area contributed by atoms with E-state index in [0.29, 0.717) is 5.75 Å². The number of hydrogen-bond donors (Lipinski definition) is 1.